The quantitative estimate of drug-likeness (QED) is 0.470. The summed E-state index contributed by atoms with van der Waals surface area (Å²) in [5.74, 6) is -0.782. The Morgan fingerprint density at radius 3 is 2.48 bits per heavy atom. The largest absolute Gasteiger partial charge is 0.345 e. The number of amides is 2. The maximum Gasteiger partial charge on any atom is 0.253 e. The van der Waals surface area contributed by atoms with E-state index in [1.165, 1.54) is 12.1 Å². The second kappa shape index (κ2) is 8.97. The lowest BCUT2D eigenvalue weighted by molar-refractivity contribution is -0.116. The van der Waals surface area contributed by atoms with Gasteiger partial charge in [-0.2, -0.15) is 0 Å². The zero-order valence-electron chi connectivity index (χ0n) is 16.3. The summed E-state index contributed by atoms with van der Waals surface area (Å²) in [7, 11) is 0. The fourth-order valence-corrected chi connectivity index (χ4v) is 3.45. The third-order valence-electron chi connectivity index (χ3n) is 4.71. The molecule has 0 saturated carbocycles. The van der Waals surface area contributed by atoms with Crippen LogP contribution in [0.3, 0.4) is 0 Å². The number of aromatic nitrogens is 2. The summed E-state index contributed by atoms with van der Waals surface area (Å²) < 4.78 is 15.6. The number of hydrogen-bond acceptors (Lipinski definition) is 3. The summed E-state index contributed by atoms with van der Waals surface area (Å²) in [5, 5.41) is 5.71. The second-order valence-corrected chi connectivity index (χ2v) is 7.20. The van der Waals surface area contributed by atoms with Crippen molar-refractivity contribution in [2.75, 3.05) is 5.32 Å². The van der Waals surface area contributed by atoms with Crippen LogP contribution in [0.4, 0.5) is 10.1 Å². The minimum absolute atomic E-state index is 0.0890. The number of nitrogens with one attached hydrogen (secondary N) is 2. The van der Waals surface area contributed by atoms with Crippen LogP contribution in [0, 0.1) is 5.82 Å². The molecule has 0 unspecified atom stereocenters. The molecule has 2 amide bonds. The van der Waals surface area contributed by atoms with Crippen molar-refractivity contribution in [1.82, 2.24) is 14.9 Å². The lowest BCUT2D eigenvalue weighted by Crippen LogP contribution is -2.27. The van der Waals surface area contributed by atoms with Gasteiger partial charge in [0.05, 0.1) is 33.9 Å². The monoisotopic (exact) mass is 436 g/mol. The number of anilines is 1. The highest BCUT2D eigenvalue weighted by atomic mass is 35.5. The normalized spacial score (nSPS) is 10.8. The maximum atomic E-state index is 13.9. The zero-order valence-corrected chi connectivity index (χ0v) is 17.1. The van der Waals surface area contributed by atoms with Crippen molar-refractivity contribution < 1.29 is 14.0 Å². The van der Waals surface area contributed by atoms with Crippen LogP contribution in [0.15, 0.2) is 72.8 Å². The molecule has 0 aliphatic carbocycles. The minimum atomic E-state index is -0.515. The van der Waals surface area contributed by atoms with Crippen molar-refractivity contribution in [1.29, 1.82) is 0 Å². The number of rotatable bonds is 6. The van der Waals surface area contributed by atoms with E-state index in [1.807, 2.05) is 24.3 Å². The van der Waals surface area contributed by atoms with Crippen LogP contribution in [0.25, 0.3) is 11.0 Å². The highest BCUT2D eigenvalue weighted by molar-refractivity contribution is 6.33. The number of carbonyl (C=O) groups excluding carboxylic acids is 2. The first-order chi connectivity index (χ1) is 15.0. The Hall–Kier alpha value is -3.71. The van der Waals surface area contributed by atoms with E-state index in [4.69, 9.17) is 11.6 Å². The van der Waals surface area contributed by atoms with E-state index in [0.717, 1.165) is 5.52 Å². The van der Waals surface area contributed by atoms with Crippen LogP contribution >= 0.6 is 11.6 Å². The summed E-state index contributed by atoms with van der Waals surface area (Å²) in [5.41, 5.74) is 1.87. The third-order valence-corrected chi connectivity index (χ3v) is 5.04. The Kier molecular flexibility index (Phi) is 5.95. The SMILES string of the molecule is O=C(Cn1c(CNC(=O)c2ccccc2Cl)nc2ccccc21)Nc1ccccc1F. The van der Waals surface area contributed by atoms with E-state index in [1.54, 1.807) is 41.0 Å². The average molecular weight is 437 g/mol. The molecule has 2 N–H and O–H groups in total. The highest BCUT2D eigenvalue weighted by Crippen LogP contribution is 2.18. The molecule has 0 saturated heterocycles. The van der Waals surface area contributed by atoms with E-state index in [0.29, 0.717) is 21.9 Å². The standard InChI is InChI=1S/C23H18ClFN4O2/c24-16-8-2-1-7-15(16)23(31)26-13-21-27-19-11-5-6-12-20(19)29(21)14-22(30)28-18-10-4-3-9-17(18)25/h1-12H,13-14H2,(H,26,31)(H,28,30). The summed E-state index contributed by atoms with van der Waals surface area (Å²) in [6, 6.07) is 20.0. The van der Waals surface area contributed by atoms with Crippen molar-refractivity contribution >= 4 is 40.1 Å². The second-order valence-electron chi connectivity index (χ2n) is 6.79. The van der Waals surface area contributed by atoms with Crippen LogP contribution in [0.1, 0.15) is 16.2 Å². The predicted octanol–water partition coefficient (Wildman–Crippen LogP) is 4.40. The molecular formula is C23H18ClFN4O2. The fraction of sp³-hybridized carbons (Fsp3) is 0.0870. The minimum Gasteiger partial charge on any atom is -0.345 e. The first-order valence-electron chi connectivity index (χ1n) is 9.54. The Morgan fingerprint density at radius 2 is 1.68 bits per heavy atom. The van der Waals surface area contributed by atoms with Crippen molar-refractivity contribution in [2.45, 2.75) is 13.1 Å². The van der Waals surface area contributed by atoms with Crippen LogP contribution in [0.5, 0.6) is 0 Å². The van der Waals surface area contributed by atoms with Gasteiger partial charge in [0.25, 0.3) is 5.91 Å². The van der Waals surface area contributed by atoms with Gasteiger partial charge in [0.15, 0.2) is 0 Å². The molecule has 4 aromatic rings. The summed E-state index contributed by atoms with van der Waals surface area (Å²) in [6.07, 6.45) is 0. The predicted molar refractivity (Wildman–Crippen MR) is 117 cm³/mol. The summed E-state index contributed by atoms with van der Waals surface area (Å²) >= 11 is 6.09. The molecule has 0 spiro atoms. The van der Waals surface area contributed by atoms with Gasteiger partial charge in [-0.15, -0.1) is 0 Å². The molecule has 4 rings (SSSR count). The van der Waals surface area contributed by atoms with Crippen LogP contribution in [0.2, 0.25) is 5.02 Å². The molecule has 1 aromatic heterocycles. The number of benzene rings is 3. The van der Waals surface area contributed by atoms with E-state index >= 15 is 0 Å². The molecule has 3 aromatic carbocycles. The fourth-order valence-electron chi connectivity index (χ4n) is 3.23. The number of fused-ring (bicyclic) bond motifs is 1. The molecule has 0 radical (unpaired) electrons. The molecule has 0 aliphatic rings. The molecule has 6 nitrogen and oxygen atoms in total. The van der Waals surface area contributed by atoms with E-state index < -0.39 is 11.7 Å². The first kappa shape index (κ1) is 20.6. The third kappa shape index (κ3) is 4.57. The van der Waals surface area contributed by atoms with Crippen molar-refractivity contribution in [3.05, 3.63) is 95.0 Å². The van der Waals surface area contributed by atoms with Crippen LogP contribution in [-0.4, -0.2) is 21.4 Å². The lowest BCUT2D eigenvalue weighted by Gasteiger charge is -2.11. The van der Waals surface area contributed by atoms with Gasteiger partial charge < -0.3 is 15.2 Å². The zero-order chi connectivity index (χ0) is 21.8. The van der Waals surface area contributed by atoms with Crippen molar-refractivity contribution in [3.63, 3.8) is 0 Å². The summed E-state index contributed by atoms with van der Waals surface area (Å²) in [6.45, 7) is -0.00212. The van der Waals surface area contributed by atoms with Crippen molar-refractivity contribution in [2.24, 2.45) is 0 Å². The number of halogens is 2. The Labute approximate surface area is 182 Å². The maximum absolute atomic E-state index is 13.9. The number of hydrogen-bond donors (Lipinski definition) is 2. The Morgan fingerprint density at radius 1 is 0.968 bits per heavy atom. The molecule has 8 heteroatoms. The van der Waals surface area contributed by atoms with Gasteiger partial charge in [0.2, 0.25) is 5.91 Å². The highest BCUT2D eigenvalue weighted by Gasteiger charge is 2.16. The number of nitrogens with zero attached hydrogens (tertiary/aromatic N) is 2. The van der Waals surface area contributed by atoms with Gasteiger partial charge in [-0.3, -0.25) is 9.59 Å². The van der Waals surface area contributed by atoms with Gasteiger partial charge in [0, 0.05) is 0 Å². The van der Waals surface area contributed by atoms with Crippen LogP contribution in [-0.2, 0) is 17.9 Å². The molecule has 1 heterocycles. The smallest absolute Gasteiger partial charge is 0.253 e. The average Bonchev–Trinajstić information content (AvgIpc) is 3.11. The Bertz CT molecular complexity index is 1270. The number of para-hydroxylation sites is 3. The van der Waals surface area contributed by atoms with E-state index in [2.05, 4.69) is 15.6 Å². The van der Waals surface area contributed by atoms with Crippen LogP contribution < -0.4 is 10.6 Å². The molecule has 0 bridgehead atoms. The van der Waals surface area contributed by atoms with Gasteiger partial charge in [-0.1, -0.05) is 48.0 Å². The molecular weight excluding hydrogens is 419 g/mol. The first-order valence-corrected chi connectivity index (χ1v) is 9.92. The topological polar surface area (TPSA) is 76.0 Å². The molecule has 0 fully saturated rings. The number of carbonyl (C=O) groups is 2. The molecule has 0 aliphatic heterocycles. The van der Waals surface area contributed by atoms with E-state index in [-0.39, 0.29) is 24.7 Å². The summed E-state index contributed by atoms with van der Waals surface area (Å²) in [4.78, 5) is 29.7. The van der Waals surface area contributed by atoms with Gasteiger partial charge in [0.1, 0.15) is 18.2 Å². The van der Waals surface area contributed by atoms with E-state index in [9.17, 15) is 14.0 Å². The molecule has 156 valence electrons. The molecule has 0 atom stereocenters. The van der Waals surface area contributed by atoms with Gasteiger partial charge >= 0.3 is 0 Å². The van der Waals surface area contributed by atoms with Crippen molar-refractivity contribution in [3.8, 4) is 0 Å². The molecule has 31 heavy (non-hydrogen) atoms. The Balaban J connectivity index is 1.56. The lowest BCUT2D eigenvalue weighted by atomic mass is 10.2. The van der Waals surface area contributed by atoms with Gasteiger partial charge in [-0.25, -0.2) is 9.37 Å². The number of imidazole rings is 1. The van der Waals surface area contributed by atoms with Gasteiger partial charge in [-0.05, 0) is 36.4 Å².